The molecule has 0 aromatic heterocycles. The maximum atomic E-state index is 12.9. The molecule has 0 saturated carbocycles. The Morgan fingerprint density at radius 3 is 2.76 bits per heavy atom. The van der Waals surface area contributed by atoms with E-state index in [1.165, 1.54) is 11.8 Å². The van der Waals surface area contributed by atoms with Crippen LogP contribution >= 0.6 is 11.8 Å². The fourth-order valence-corrected chi connectivity index (χ4v) is 4.03. The Morgan fingerprint density at radius 2 is 2.00 bits per heavy atom. The highest BCUT2D eigenvalue weighted by Gasteiger charge is 2.51. The molecule has 1 aliphatic rings. The molecule has 130 valence electrons. The van der Waals surface area contributed by atoms with Gasteiger partial charge in [-0.3, -0.25) is 4.79 Å². The first-order valence-electron chi connectivity index (χ1n) is 7.98. The summed E-state index contributed by atoms with van der Waals surface area (Å²) in [5.41, 5.74) is 1.54. The standard InChI is InChI=1S/C19H19NO4S/c1-3-24-18(22)19(12-13-7-6-8-14(11-13)23-2)17(21)20-15-9-4-5-10-16(15)25-19/h4-11H,3,12H2,1-2H3,(H,20,21). The molecule has 1 aliphatic heterocycles. The molecule has 1 atom stereocenters. The van der Waals surface area contributed by atoms with E-state index in [1.54, 1.807) is 14.0 Å². The average Bonchev–Trinajstić information content (AvgIpc) is 2.62. The van der Waals surface area contributed by atoms with Gasteiger partial charge in [-0.1, -0.05) is 36.0 Å². The topological polar surface area (TPSA) is 64.6 Å². The van der Waals surface area contributed by atoms with Crippen molar-refractivity contribution in [2.24, 2.45) is 0 Å². The molecule has 25 heavy (non-hydrogen) atoms. The van der Waals surface area contributed by atoms with Gasteiger partial charge in [0.25, 0.3) is 5.91 Å². The molecule has 0 bridgehead atoms. The molecule has 0 radical (unpaired) electrons. The van der Waals surface area contributed by atoms with Crippen LogP contribution in [0.3, 0.4) is 0 Å². The van der Waals surface area contributed by atoms with Gasteiger partial charge in [-0.2, -0.15) is 0 Å². The lowest BCUT2D eigenvalue weighted by atomic mass is 9.96. The molecule has 0 saturated heterocycles. The fraction of sp³-hybridized carbons (Fsp3) is 0.263. The third-order valence-electron chi connectivity index (χ3n) is 3.98. The summed E-state index contributed by atoms with van der Waals surface area (Å²) in [6, 6.07) is 14.8. The van der Waals surface area contributed by atoms with Gasteiger partial charge in [0.15, 0.2) is 0 Å². The summed E-state index contributed by atoms with van der Waals surface area (Å²) >= 11 is 1.24. The van der Waals surface area contributed by atoms with Crippen molar-refractivity contribution in [3.8, 4) is 5.75 Å². The van der Waals surface area contributed by atoms with Crippen molar-refractivity contribution in [3.05, 3.63) is 54.1 Å². The number of carbonyl (C=O) groups is 2. The highest BCUT2D eigenvalue weighted by atomic mass is 32.2. The fourth-order valence-electron chi connectivity index (χ4n) is 2.76. The summed E-state index contributed by atoms with van der Waals surface area (Å²) in [6.07, 6.45) is 0.216. The number of hydrogen-bond donors (Lipinski definition) is 1. The number of anilines is 1. The minimum atomic E-state index is -1.36. The van der Waals surface area contributed by atoms with Gasteiger partial charge in [0, 0.05) is 11.3 Å². The number of ether oxygens (including phenoxy) is 2. The molecule has 1 N–H and O–H groups in total. The van der Waals surface area contributed by atoms with E-state index in [4.69, 9.17) is 9.47 Å². The molecule has 0 aliphatic carbocycles. The van der Waals surface area contributed by atoms with Crippen LogP contribution in [0, 0.1) is 0 Å². The number of nitrogens with one attached hydrogen (secondary N) is 1. The van der Waals surface area contributed by atoms with Crippen LogP contribution in [0.15, 0.2) is 53.4 Å². The number of rotatable bonds is 5. The van der Waals surface area contributed by atoms with Crippen molar-refractivity contribution in [1.29, 1.82) is 0 Å². The van der Waals surface area contributed by atoms with Gasteiger partial charge in [0.1, 0.15) is 5.75 Å². The zero-order valence-electron chi connectivity index (χ0n) is 14.1. The first-order chi connectivity index (χ1) is 12.1. The zero-order valence-corrected chi connectivity index (χ0v) is 14.9. The second-order valence-electron chi connectivity index (χ2n) is 5.63. The number of esters is 1. The molecule has 0 fully saturated rings. The Bertz CT molecular complexity index is 808. The first-order valence-corrected chi connectivity index (χ1v) is 8.80. The summed E-state index contributed by atoms with van der Waals surface area (Å²) in [5, 5.41) is 2.85. The number of para-hydroxylation sites is 1. The third-order valence-corrected chi connectivity index (χ3v) is 5.40. The molecule has 0 spiro atoms. The van der Waals surface area contributed by atoms with E-state index in [-0.39, 0.29) is 18.9 Å². The minimum absolute atomic E-state index is 0.216. The summed E-state index contributed by atoms with van der Waals surface area (Å²) in [7, 11) is 1.58. The maximum absolute atomic E-state index is 12.9. The van der Waals surface area contributed by atoms with E-state index < -0.39 is 10.7 Å². The highest BCUT2D eigenvalue weighted by Crippen LogP contribution is 2.45. The van der Waals surface area contributed by atoms with Gasteiger partial charge in [-0.25, -0.2) is 4.79 Å². The monoisotopic (exact) mass is 357 g/mol. The molecule has 5 nitrogen and oxygen atoms in total. The molecular formula is C19H19NO4S. The van der Waals surface area contributed by atoms with Crippen molar-refractivity contribution in [1.82, 2.24) is 0 Å². The van der Waals surface area contributed by atoms with Crippen molar-refractivity contribution < 1.29 is 19.1 Å². The van der Waals surface area contributed by atoms with Crippen molar-refractivity contribution in [2.45, 2.75) is 23.0 Å². The van der Waals surface area contributed by atoms with Crippen LogP contribution in [0.5, 0.6) is 5.75 Å². The van der Waals surface area contributed by atoms with Gasteiger partial charge in [-0.15, -0.1) is 0 Å². The largest absolute Gasteiger partial charge is 0.497 e. The number of carbonyl (C=O) groups excluding carboxylic acids is 2. The number of hydrogen-bond acceptors (Lipinski definition) is 5. The molecular weight excluding hydrogens is 338 g/mol. The van der Waals surface area contributed by atoms with Crippen molar-refractivity contribution >= 4 is 29.3 Å². The van der Waals surface area contributed by atoms with Gasteiger partial charge >= 0.3 is 5.97 Å². The number of amides is 1. The smallest absolute Gasteiger partial charge is 0.332 e. The van der Waals surface area contributed by atoms with Gasteiger partial charge in [0.2, 0.25) is 4.75 Å². The molecule has 1 heterocycles. The van der Waals surface area contributed by atoms with E-state index in [9.17, 15) is 9.59 Å². The van der Waals surface area contributed by atoms with Crippen LogP contribution < -0.4 is 10.1 Å². The van der Waals surface area contributed by atoms with Crippen LogP contribution in [0.4, 0.5) is 5.69 Å². The maximum Gasteiger partial charge on any atom is 0.332 e. The summed E-state index contributed by atoms with van der Waals surface area (Å²) in [6.45, 7) is 1.95. The van der Waals surface area contributed by atoms with Crippen molar-refractivity contribution in [2.75, 3.05) is 19.0 Å². The van der Waals surface area contributed by atoms with Crippen LogP contribution in [0.25, 0.3) is 0 Å². The van der Waals surface area contributed by atoms with Crippen LogP contribution in [-0.2, 0) is 20.7 Å². The normalized spacial score (nSPS) is 18.9. The Morgan fingerprint density at radius 1 is 1.20 bits per heavy atom. The van der Waals surface area contributed by atoms with Crippen LogP contribution in [0.2, 0.25) is 0 Å². The van der Waals surface area contributed by atoms with E-state index in [1.807, 2.05) is 48.5 Å². The van der Waals surface area contributed by atoms with Gasteiger partial charge < -0.3 is 14.8 Å². The Hall–Kier alpha value is -2.47. The number of benzene rings is 2. The Labute approximate surface area is 150 Å². The predicted molar refractivity (Wildman–Crippen MR) is 97.0 cm³/mol. The van der Waals surface area contributed by atoms with Crippen molar-refractivity contribution in [3.63, 3.8) is 0 Å². The Kier molecular flexibility index (Phi) is 4.99. The second-order valence-corrected chi connectivity index (χ2v) is 6.97. The molecule has 1 amide bonds. The number of thioether (sulfide) groups is 1. The molecule has 2 aromatic carbocycles. The minimum Gasteiger partial charge on any atom is -0.497 e. The molecule has 6 heteroatoms. The summed E-state index contributed by atoms with van der Waals surface area (Å²) in [5.74, 6) is -0.217. The van der Waals surface area contributed by atoms with E-state index >= 15 is 0 Å². The van der Waals surface area contributed by atoms with Crippen LogP contribution in [0.1, 0.15) is 12.5 Å². The van der Waals surface area contributed by atoms with Gasteiger partial charge in [0.05, 0.1) is 19.4 Å². The highest BCUT2D eigenvalue weighted by molar-refractivity contribution is 8.02. The quantitative estimate of drug-likeness (QED) is 0.657. The summed E-state index contributed by atoms with van der Waals surface area (Å²) < 4.78 is 9.13. The van der Waals surface area contributed by atoms with E-state index in [0.29, 0.717) is 11.4 Å². The SMILES string of the molecule is CCOC(=O)C1(Cc2cccc(OC)c2)Sc2ccccc2NC1=O. The first kappa shape index (κ1) is 17.4. The second kappa shape index (κ2) is 7.19. The zero-order chi connectivity index (χ0) is 17.9. The van der Waals surface area contributed by atoms with Crippen LogP contribution in [-0.4, -0.2) is 30.3 Å². The summed E-state index contributed by atoms with van der Waals surface area (Å²) in [4.78, 5) is 26.5. The van der Waals surface area contributed by atoms with E-state index in [0.717, 1.165) is 10.5 Å². The van der Waals surface area contributed by atoms with Gasteiger partial charge in [-0.05, 0) is 36.8 Å². The lowest BCUT2D eigenvalue weighted by molar-refractivity contribution is -0.148. The van der Waals surface area contributed by atoms with E-state index in [2.05, 4.69) is 5.32 Å². The Balaban J connectivity index is 2.02. The molecule has 3 rings (SSSR count). The predicted octanol–water partition coefficient (Wildman–Crippen LogP) is 3.28. The lowest BCUT2D eigenvalue weighted by Gasteiger charge is -2.34. The molecule has 1 unspecified atom stereocenters. The number of fused-ring (bicyclic) bond motifs is 1. The lowest BCUT2D eigenvalue weighted by Crippen LogP contribution is -2.51. The molecule has 2 aromatic rings. The average molecular weight is 357 g/mol. The number of methoxy groups -OCH3 is 1. The third kappa shape index (κ3) is 3.35.